The maximum absolute atomic E-state index is 11.8. The normalized spacial score (nSPS) is 13.4. The van der Waals surface area contributed by atoms with Gasteiger partial charge in [0.15, 0.2) is 5.82 Å². The summed E-state index contributed by atoms with van der Waals surface area (Å²) in [4.78, 5) is 16.1. The fourth-order valence-corrected chi connectivity index (χ4v) is 1.90. The molecular weight excluding hydrogens is 284 g/mol. The fraction of sp³-hybridized carbons (Fsp3) is 0.400. The van der Waals surface area contributed by atoms with Gasteiger partial charge in [-0.2, -0.15) is 4.98 Å². The molecule has 1 aromatic carbocycles. The number of rotatable bonds is 6. The van der Waals surface area contributed by atoms with Crippen LogP contribution < -0.4 is 10.6 Å². The maximum Gasteiger partial charge on any atom is 0.315 e. The van der Waals surface area contributed by atoms with Crippen molar-refractivity contribution in [2.24, 2.45) is 0 Å². The van der Waals surface area contributed by atoms with Crippen LogP contribution in [-0.4, -0.2) is 33.9 Å². The summed E-state index contributed by atoms with van der Waals surface area (Å²) in [5.74, 6) is 0.821. The Hall–Kier alpha value is -2.41. The number of hydrogen-bond donors (Lipinski definition) is 3. The molecule has 1 unspecified atom stereocenters. The highest BCUT2D eigenvalue weighted by Crippen LogP contribution is 2.18. The Balaban J connectivity index is 1.94. The van der Waals surface area contributed by atoms with Gasteiger partial charge in [-0.05, 0) is 32.4 Å². The Morgan fingerprint density at radius 3 is 2.68 bits per heavy atom. The zero-order valence-corrected chi connectivity index (χ0v) is 12.6. The van der Waals surface area contributed by atoms with E-state index in [1.807, 2.05) is 37.3 Å². The summed E-state index contributed by atoms with van der Waals surface area (Å²) < 4.78 is 5.21. The van der Waals surface area contributed by atoms with Crippen LogP contribution >= 0.6 is 0 Å². The first-order valence-electron chi connectivity index (χ1n) is 7.17. The van der Waals surface area contributed by atoms with Gasteiger partial charge in [-0.3, -0.25) is 0 Å². The minimum atomic E-state index is -0.387. The second-order valence-electron chi connectivity index (χ2n) is 5.08. The predicted octanol–water partition coefficient (Wildman–Crippen LogP) is 1.87. The number of benzene rings is 1. The number of hydrogen-bond acceptors (Lipinski definition) is 5. The van der Waals surface area contributed by atoms with Gasteiger partial charge >= 0.3 is 6.03 Å². The number of aliphatic hydroxyl groups excluding tert-OH is 1. The lowest BCUT2D eigenvalue weighted by Crippen LogP contribution is -2.42. The molecule has 2 aromatic rings. The van der Waals surface area contributed by atoms with Crippen LogP contribution in [0, 0.1) is 0 Å². The van der Waals surface area contributed by atoms with Crippen molar-refractivity contribution in [3.8, 4) is 11.5 Å². The van der Waals surface area contributed by atoms with Crippen LogP contribution in [0.5, 0.6) is 0 Å². The summed E-state index contributed by atoms with van der Waals surface area (Å²) in [6, 6.07) is 8.60. The third kappa shape index (κ3) is 4.29. The molecule has 118 valence electrons. The monoisotopic (exact) mass is 304 g/mol. The van der Waals surface area contributed by atoms with Crippen molar-refractivity contribution in [1.82, 2.24) is 20.8 Å². The molecule has 0 saturated heterocycles. The van der Waals surface area contributed by atoms with E-state index in [9.17, 15) is 4.79 Å². The van der Waals surface area contributed by atoms with Crippen molar-refractivity contribution in [2.45, 2.75) is 32.4 Å². The highest BCUT2D eigenvalue weighted by Gasteiger charge is 2.17. The standard InChI is InChI=1S/C15H20N4O3/c1-10(8-9-20)16-15(21)17-11(2)13-18-14(22-19-13)12-6-4-3-5-7-12/h3-7,10-11,20H,8-9H2,1-2H3,(H2,16,17,21)/t10-,11?/m1/s1. The lowest BCUT2D eigenvalue weighted by Gasteiger charge is -2.15. The van der Waals surface area contributed by atoms with Crippen LogP contribution in [0.25, 0.3) is 11.5 Å². The van der Waals surface area contributed by atoms with Crippen LogP contribution in [0.3, 0.4) is 0 Å². The molecular formula is C15H20N4O3. The maximum atomic E-state index is 11.8. The van der Waals surface area contributed by atoms with Gasteiger partial charge in [0.1, 0.15) is 0 Å². The molecule has 2 amide bonds. The van der Waals surface area contributed by atoms with Gasteiger partial charge in [0.2, 0.25) is 0 Å². The van der Waals surface area contributed by atoms with E-state index in [2.05, 4.69) is 20.8 Å². The number of urea groups is 1. The number of aliphatic hydroxyl groups is 1. The van der Waals surface area contributed by atoms with E-state index < -0.39 is 0 Å². The lowest BCUT2D eigenvalue weighted by molar-refractivity contribution is 0.227. The Morgan fingerprint density at radius 2 is 2.00 bits per heavy atom. The lowest BCUT2D eigenvalue weighted by atomic mass is 10.2. The van der Waals surface area contributed by atoms with Gasteiger partial charge in [-0.25, -0.2) is 4.79 Å². The fourth-order valence-electron chi connectivity index (χ4n) is 1.90. The zero-order valence-electron chi connectivity index (χ0n) is 12.6. The molecule has 0 spiro atoms. The van der Waals surface area contributed by atoms with E-state index in [4.69, 9.17) is 9.63 Å². The molecule has 7 heteroatoms. The van der Waals surface area contributed by atoms with E-state index in [1.165, 1.54) is 0 Å². The number of carbonyl (C=O) groups is 1. The van der Waals surface area contributed by atoms with Gasteiger partial charge in [-0.1, -0.05) is 23.4 Å². The second-order valence-corrected chi connectivity index (χ2v) is 5.08. The highest BCUT2D eigenvalue weighted by molar-refractivity contribution is 5.74. The molecule has 0 fully saturated rings. The molecule has 1 heterocycles. The van der Waals surface area contributed by atoms with Crippen LogP contribution in [0.15, 0.2) is 34.9 Å². The summed E-state index contributed by atoms with van der Waals surface area (Å²) in [5.41, 5.74) is 0.828. The molecule has 7 nitrogen and oxygen atoms in total. The minimum absolute atomic E-state index is 0.0300. The summed E-state index contributed by atoms with van der Waals surface area (Å²) in [6.45, 7) is 3.63. The Bertz CT molecular complexity index is 600. The van der Waals surface area contributed by atoms with Gasteiger partial charge in [0.05, 0.1) is 6.04 Å². The van der Waals surface area contributed by atoms with Gasteiger partial charge in [-0.15, -0.1) is 0 Å². The summed E-state index contributed by atoms with van der Waals surface area (Å²) >= 11 is 0. The molecule has 0 aliphatic rings. The Labute approximate surface area is 128 Å². The Kier molecular flexibility index (Phi) is 5.48. The molecule has 0 bridgehead atoms. The number of carbonyl (C=O) groups excluding carboxylic acids is 1. The number of nitrogens with zero attached hydrogens (tertiary/aromatic N) is 2. The SMILES string of the molecule is CC(NC(=O)N[C@H](C)CCO)c1noc(-c2ccccc2)n1. The molecule has 2 rings (SSSR count). The molecule has 2 atom stereocenters. The second kappa shape index (κ2) is 7.56. The van der Waals surface area contributed by atoms with E-state index in [0.717, 1.165) is 5.56 Å². The Morgan fingerprint density at radius 1 is 1.27 bits per heavy atom. The zero-order chi connectivity index (χ0) is 15.9. The van der Waals surface area contributed by atoms with Crippen molar-refractivity contribution in [2.75, 3.05) is 6.61 Å². The van der Waals surface area contributed by atoms with Crippen LogP contribution in [0.2, 0.25) is 0 Å². The van der Waals surface area contributed by atoms with Gasteiger partial charge in [0.25, 0.3) is 5.89 Å². The molecule has 0 radical (unpaired) electrons. The highest BCUT2D eigenvalue weighted by atomic mass is 16.5. The van der Waals surface area contributed by atoms with Crippen LogP contribution in [-0.2, 0) is 0 Å². The largest absolute Gasteiger partial charge is 0.396 e. The third-order valence-electron chi connectivity index (χ3n) is 3.14. The molecule has 3 N–H and O–H groups in total. The van der Waals surface area contributed by atoms with Crippen LogP contribution in [0.4, 0.5) is 4.79 Å². The molecule has 0 saturated carbocycles. The topological polar surface area (TPSA) is 100 Å². The number of nitrogens with one attached hydrogen (secondary N) is 2. The molecule has 1 aromatic heterocycles. The van der Waals surface area contributed by atoms with E-state index in [0.29, 0.717) is 18.1 Å². The van der Waals surface area contributed by atoms with Crippen molar-refractivity contribution in [1.29, 1.82) is 0 Å². The average Bonchev–Trinajstić information content (AvgIpc) is 2.98. The van der Waals surface area contributed by atoms with Crippen molar-refractivity contribution in [3.05, 3.63) is 36.2 Å². The average molecular weight is 304 g/mol. The summed E-state index contributed by atoms with van der Waals surface area (Å²) in [7, 11) is 0. The number of aromatic nitrogens is 2. The summed E-state index contributed by atoms with van der Waals surface area (Å²) in [5, 5.41) is 18.2. The van der Waals surface area contributed by atoms with Crippen molar-refractivity contribution >= 4 is 6.03 Å². The van der Waals surface area contributed by atoms with Gasteiger partial charge in [0, 0.05) is 18.2 Å². The minimum Gasteiger partial charge on any atom is -0.396 e. The van der Waals surface area contributed by atoms with E-state index in [-0.39, 0.29) is 24.7 Å². The van der Waals surface area contributed by atoms with Gasteiger partial charge < -0.3 is 20.3 Å². The van der Waals surface area contributed by atoms with E-state index in [1.54, 1.807) is 6.92 Å². The first-order chi connectivity index (χ1) is 10.6. The number of amides is 2. The van der Waals surface area contributed by atoms with E-state index >= 15 is 0 Å². The quantitative estimate of drug-likeness (QED) is 0.756. The first-order valence-corrected chi connectivity index (χ1v) is 7.17. The summed E-state index contributed by atoms with van der Waals surface area (Å²) in [6.07, 6.45) is 0.502. The van der Waals surface area contributed by atoms with Crippen molar-refractivity contribution in [3.63, 3.8) is 0 Å². The third-order valence-corrected chi connectivity index (χ3v) is 3.14. The smallest absolute Gasteiger partial charge is 0.315 e. The first kappa shape index (κ1) is 16.0. The molecule has 22 heavy (non-hydrogen) atoms. The molecule has 0 aliphatic carbocycles. The molecule has 0 aliphatic heterocycles. The van der Waals surface area contributed by atoms with Crippen LogP contribution in [0.1, 0.15) is 32.1 Å². The van der Waals surface area contributed by atoms with Crippen molar-refractivity contribution < 1.29 is 14.4 Å². The predicted molar refractivity (Wildman–Crippen MR) is 81.0 cm³/mol.